The van der Waals surface area contributed by atoms with E-state index < -0.39 is 0 Å². The topological polar surface area (TPSA) is 86.1 Å². The molecule has 4 heterocycles. The first kappa shape index (κ1) is 17.1. The summed E-state index contributed by atoms with van der Waals surface area (Å²) in [4.78, 5) is 9.07. The van der Waals surface area contributed by atoms with Crippen LogP contribution in [0.3, 0.4) is 0 Å². The van der Waals surface area contributed by atoms with Gasteiger partial charge in [0.15, 0.2) is 0 Å². The van der Waals surface area contributed by atoms with Gasteiger partial charge in [0.05, 0.1) is 18.3 Å². The van der Waals surface area contributed by atoms with E-state index in [0.29, 0.717) is 24.5 Å². The smallest absolute Gasteiger partial charge is 0.257 e. The van der Waals surface area contributed by atoms with Crippen LogP contribution in [0.15, 0.2) is 6.20 Å². The van der Waals surface area contributed by atoms with E-state index in [2.05, 4.69) is 39.1 Å². The lowest BCUT2D eigenvalue weighted by atomic mass is 10.1. The first-order chi connectivity index (χ1) is 12.6. The molecule has 2 aliphatic heterocycles. The molecule has 140 valence electrons. The molecule has 2 bridgehead atoms. The maximum Gasteiger partial charge on any atom is 0.257 e. The minimum absolute atomic E-state index is 0.247. The molecule has 1 saturated heterocycles. The van der Waals surface area contributed by atoms with Crippen LogP contribution in [0.2, 0.25) is 0 Å². The van der Waals surface area contributed by atoms with Crippen molar-refractivity contribution < 1.29 is 9.47 Å². The average Bonchev–Trinajstić information content (AvgIpc) is 2.93. The highest BCUT2D eigenvalue weighted by molar-refractivity contribution is 5.64. The number of fused-ring (bicyclic) bond motifs is 3. The molecule has 0 aromatic carbocycles. The van der Waals surface area contributed by atoms with Gasteiger partial charge in [-0.15, -0.1) is 5.10 Å². The van der Waals surface area contributed by atoms with Gasteiger partial charge in [0.1, 0.15) is 11.5 Å². The summed E-state index contributed by atoms with van der Waals surface area (Å²) < 4.78 is 13.6. The normalized spacial score (nSPS) is 21.0. The first-order valence-electron chi connectivity index (χ1n) is 9.28. The molecule has 26 heavy (non-hydrogen) atoms. The van der Waals surface area contributed by atoms with Gasteiger partial charge in [-0.05, 0) is 33.6 Å². The maximum atomic E-state index is 6.03. The van der Waals surface area contributed by atoms with Crippen molar-refractivity contribution in [1.82, 2.24) is 19.7 Å². The lowest BCUT2D eigenvalue weighted by Crippen LogP contribution is -2.22. The Hall–Kier alpha value is -2.35. The van der Waals surface area contributed by atoms with Crippen LogP contribution in [0.25, 0.3) is 0 Å². The number of ether oxygens (including phenoxy) is 2. The van der Waals surface area contributed by atoms with Gasteiger partial charge in [-0.3, -0.25) is 4.68 Å². The van der Waals surface area contributed by atoms with Crippen LogP contribution in [0.1, 0.15) is 43.5 Å². The van der Waals surface area contributed by atoms with E-state index in [9.17, 15) is 0 Å². The maximum absolute atomic E-state index is 6.03. The highest BCUT2D eigenvalue weighted by Crippen LogP contribution is 2.34. The Morgan fingerprint density at radius 2 is 1.96 bits per heavy atom. The highest BCUT2D eigenvalue weighted by Gasteiger charge is 2.25. The van der Waals surface area contributed by atoms with Crippen molar-refractivity contribution in [3.8, 4) is 5.88 Å². The van der Waals surface area contributed by atoms with Crippen LogP contribution in [0.5, 0.6) is 5.88 Å². The van der Waals surface area contributed by atoms with E-state index in [1.54, 1.807) is 0 Å². The Morgan fingerprint density at radius 1 is 1.15 bits per heavy atom. The van der Waals surface area contributed by atoms with Crippen molar-refractivity contribution in [2.45, 2.75) is 52.1 Å². The summed E-state index contributed by atoms with van der Waals surface area (Å²) in [5.41, 5.74) is 2.91. The SMILES string of the molecule is Cc1cnc2nc1N[C@H](C)CCOc1nn(C3CCOCC3)c(C)c1N2. The second-order valence-electron chi connectivity index (χ2n) is 7.09. The summed E-state index contributed by atoms with van der Waals surface area (Å²) in [5, 5.41) is 11.5. The molecule has 0 saturated carbocycles. The van der Waals surface area contributed by atoms with E-state index in [-0.39, 0.29) is 6.04 Å². The predicted molar refractivity (Wildman–Crippen MR) is 99.3 cm³/mol. The summed E-state index contributed by atoms with van der Waals surface area (Å²) >= 11 is 0. The summed E-state index contributed by atoms with van der Waals surface area (Å²) in [5.74, 6) is 2.02. The second kappa shape index (κ2) is 7.11. The Balaban J connectivity index is 1.72. The summed E-state index contributed by atoms with van der Waals surface area (Å²) in [6, 6.07) is 0.585. The fraction of sp³-hybridized carbons (Fsp3) is 0.611. The third-order valence-corrected chi connectivity index (χ3v) is 5.04. The number of anilines is 3. The van der Waals surface area contributed by atoms with Gasteiger partial charge in [0.2, 0.25) is 5.95 Å². The number of rotatable bonds is 1. The third-order valence-electron chi connectivity index (χ3n) is 5.04. The van der Waals surface area contributed by atoms with Crippen molar-refractivity contribution in [1.29, 1.82) is 0 Å². The Kier molecular flexibility index (Phi) is 4.67. The molecule has 1 fully saturated rings. The molecule has 8 nitrogen and oxygen atoms in total. The molecule has 2 N–H and O–H groups in total. The number of nitrogens with zero attached hydrogens (tertiary/aromatic N) is 4. The van der Waals surface area contributed by atoms with Crippen molar-refractivity contribution in [2.75, 3.05) is 30.5 Å². The molecule has 1 atom stereocenters. The van der Waals surface area contributed by atoms with Crippen molar-refractivity contribution in [2.24, 2.45) is 0 Å². The lowest BCUT2D eigenvalue weighted by molar-refractivity contribution is 0.0652. The van der Waals surface area contributed by atoms with Crippen LogP contribution in [-0.4, -0.2) is 45.6 Å². The van der Waals surface area contributed by atoms with E-state index in [0.717, 1.165) is 55.2 Å². The van der Waals surface area contributed by atoms with Crippen LogP contribution < -0.4 is 15.4 Å². The number of aryl methyl sites for hydroxylation is 1. The summed E-state index contributed by atoms with van der Waals surface area (Å²) in [7, 11) is 0. The van der Waals surface area contributed by atoms with Gasteiger partial charge in [-0.25, -0.2) is 4.98 Å². The van der Waals surface area contributed by atoms with Crippen LogP contribution in [-0.2, 0) is 4.74 Å². The molecule has 8 heteroatoms. The molecule has 0 radical (unpaired) electrons. The number of nitrogens with one attached hydrogen (secondary N) is 2. The Labute approximate surface area is 153 Å². The van der Waals surface area contributed by atoms with E-state index in [1.165, 1.54) is 0 Å². The highest BCUT2D eigenvalue weighted by atomic mass is 16.5. The van der Waals surface area contributed by atoms with Crippen LogP contribution in [0.4, 0.5) is 17.5 Å². The molecule has 4 rings (SSSR count). The number of aromatic nitrogens is 4. The van der Waals surface area contributed by atoms with E-state index in [1.807, 2.05) is 13.1 Å². The van der Waals surface area contributed by atoms with Gasteiger partial charge in [0.25, 0.3) is 5.88 Å². The van der Waals surface area contributed by atoms with Gasteiger partial charge >= 0.3 is 0 Å². The first-order valence-corrected chi connectivity index (χ1v) is 9.28. The van der Waals surface area contributed by atoms with E-state index in [4.69, 9.17) is 14.6 Å². The molecule has 2 aromatic rings. The second-order valence-corrected chi connectivity index (χ2v) is 7.09. The van der Waals surface area contributed by atoms with Gasteiger partial charge in [-0.2, -0.15) is 4.98 Å². The van der Waals surface area contributed by atoms with Gasteiger partial charge in [0, 0.05) is 37.4 Å². The van der Waals surface area contributed by atoms with Crippen molar-refractivity contribution in [3.63, 3.8) is 0 Å². The largest absolute Gasteiger partial charge is 0.475 e. The number of hydrogen-bond donors (Lipinski definition) is 2. The average molecular weight is 358 g/mol. The third kappa shape index (κ3) is 3.33. The lowest BCUT2D eigenvalue weighted by Gasteiger charge is -2.23. The Bertz CT molecular complexity index is 784. The molecule has 2 aliphatic rings. The summed E-state index contributed by atoms with van der Waals surface area (Å²) in [6.07, 6.45) is 4.63. The zero-order valence-electron chi connectivity index (χ0n) is 15.6. The molecule has 0 aliphatic carbocycles. The van der Waals surface area contributed by atoms with E-state index >= 15 is 0 Å². The minimum atomic E-state index is 0.247. The molecular formula is C18H26N6O2. The standard InChI is InChI=1S/C18H26N6O2/c1-11-10-19-18-21-15-13(3)24(14-5-7-25-8-6-14)23-17(15)26-9-4-12(2)20-16(11)22-18/h10,12,14H,4-9H2,1-3H3,(H2,19,20,21,22)/t12-/m1/s1. The monoisotopic (exact) mass is 358 g/mol. The fourth-order valence-electron chi connectivity index (χ4n) is 3.42. The Morgan fingerprint density at radius 3 is 2.77 bits per heavy atom. The molecular weight excluding hydrogens is 332 g/mol. The van der Waals surface area contributed by atoms with Crippen molar-refractivity contribution >= 4 is 17.5 Å². The summed E-state index contributed by atoms with van der Waals surface area (Å²) in [6.45, 7) is 8.34. The van der Waals surface area contributed by atoms with Gasteiger partial charge < -0.3 is 20.1 Å². The van der Waals surface area contributed by atoms with Crippen LogP contribution >= 0.6 is 0 Å². The molecule has 0 unspecified atom stereocenters. The zero-order valence-corrected chi connectivity index (χ0v) is 15.6. The van der Waals surface area contributed by atoms with Crippen LogP contribution in [0, 0.1) is 13.8 Å². The van der Waals surface area contributed by atoms with Crippen molar-refractivity contribution in [3.05, 3.63) is 17.5 Å². The fourth-order valence-corrected chi connectivity index (χ4v) is 3.42. The molecule has 0 amide bonds. The molecule has 0 spiro atoms. The minimum Gasteiger partial charge on any atom is -0.475 e. The van der Waals surface area contributed by atoms with Gasteiger partial charge in [-0.1, -0.05) is 0 Å². The predicted octanol–water partition coefficient (Wildman–Crippen LogP) is 2.97. The zero-order chi connectivity index (χ0) is 18.1. The number of hydrogen-bond acceptors (Lipinski definition) is 7. The molecule has 2 aromatic heterocycles. The quantitative estimate of drug-likeness (QED) is 0.810.